The largest absolute Gasteiger partial charge is 0.335 e. The molecule has 2 amide bonds. The van der Waals surface area contributed by atoms with Crippen molar-refractivity contribution >= 4 is 33.3 Å². The van der Waals surface area contributed by atoms with Gasteiger partial charge in [-0.1, -0.05) is 11.6 Å². The van der Waals surface area contributed by atoms with Crippen LogP contribution in [0.15, 0.2) is 23.1 Å². The van der Waals surface area contributed by atoms with Crippen LogP contribution in [0.4, 0.5) is 10.5 Å². The first-order chi connectivity index (χ1) is 8.86. The molecule has 6 nitrogen and oxygen atoms in total. The first-order valence-electron chi connectivity index (χ1n) is 5.76. The lowest BCUT2D eigenvalue weighted by molar-refractivity contribution is 0.240. The number of primary sulfonamides is 1. The molecule has 0 aliphatic heterocycles. The van der Waals surface area contributed by atoms with Gasteiger partial charge in [0.05, 0.1) is 15.6 Å². The van der Waals surface area contributed by atoms with Crippen molar-refractivity contribution in [3.63, 3.8) is 0 Å². The van der Waals surface area contributed by atoms with Crippen molar-refractivity contribution < 1.29 is 13.2 Å². The quantitative estimate of drug-likeness (QED) is 0.791. The monoisotopic (exact) mass is 303 g/mol. The van der Waals surface area contributed by atoms with Gasteiger partial charge in [0.15, 0.2) is 0 Å². The summed E-state index contributed by atoms with van der Waals surface area (Å²) in [5, 5.41) is 10.5. The molecule has 1 saturated carbocycles. The molecule has 1 fully saturated rings. The van der Waals surface area contributed by atoms with E-state index in [-0.39, 0.29) is 21.6 Å². The van der Waals surface area contributed by atoms with Crippen LogP contribution >= 0.6 is 11.6 Å². The average Bonchev–Trinajstić information content (AvgIpc) is 2.25. The fourth-order valence-electron chi connectivity index (χ4n) is 1.67. The fraction of sp³-hybridized carbons (Fsp3) is 0.364. The first kappa shape index (κ1) is 14.1. The number of hydrogen-bond acceptors (Lipinski definition) is 3. The zero-order chi connectivity index (χ0) is 14.0. The average molecular weight is 304 g/mol. The summed E-state index contributed by atoms with van der Waals surface area (Å²) in [5.74, 6) is 0. The molecule has 1 aromatic carbocycles. The van der Waals surface area contributed by atoms with Crippen LogP contribution in [0.25, 0.3) is 0 Å². The van der Waals surface area contributed by atoms with Crippen molar-refractivity contribution in [2.45, 2.75) is 30.2 Å². The number of urea groups is 1. The Bertz CT molecular complexity index is 599. The lowest BCUT2D eigenvalue weighted by atomic mass is 9.93. The zero-order valence-electron chi connectivity index (χ0n) is 10.0. The first-order valence-corrected chi connectivity index (χ1v) is 7.68. The van der Waals surface area contributed by atoms with E-state index < -0.39 is 16.1 Å². The number of rotatable bonds is 3. The molecule has 1 aromatic rings. The topological polar surface area (TPSA) is 101 Å². The number of sulfonamides is 1. The molecule has 4 N–H and O–H groups in total. The minimum absolute atomic E-state index is 0.101. The van der Waals surface area contributed by atoms with Crippen LogP contribution in [-0.2, 0) is 10.0 Å². The van der Waals surface area contributed by atoms with Crippen LogP contribution in [0.5, 0.6) is 0 Å². The Morgan fingerprint density at radius 3 is 2.58 bits per heavy atom. The number of benzene rings is 1. The molecule has 0 spiro atoms. The van der Waals surface area contributed by atoms with E-state index in [1.807, 2.05) is 0 Å². The van der Waals surface area contributed by atoms with Crippen molar-refractivity contribution in [3.05, 3.63) is 23.2 Å². The molecule has 0 heterocycles. The number of carbonyl (C=O) groups is 1. The highest BCUT2D eigenvalue weighted by Crippen LogP contribution is 2.25. The Hall–Kier alpha value is -1.31. The van der Waals surface area contributed by atoms with E-state index in [1.54, 1.807) is 0 Å². The second kappa shape index (κ2) is 5.36. The second-order valence-corrected chi connectivity index (χ2v) is 6.38. The standard InChI is InChI=1S/C11H14ClN3O3S/c12-9-5-4-8(19(13,17)18)6-10(9)15-11(16)14-7-2-1-3-7/h4-7H,1-3H2,(H2,13,17,18)(H2,14,15,16). The number of amides is 2. The van der Waals surface area contributed by atoms with Gasteiger partial charge >= 0.3 is 6.03 Å². The smallest absolute Gasteiger partial charge is 0.319 e. The zero-order valence-corrected chi connectivity index (χ0v) is 11.6. The molecular weight excluding hydrogens is 290 g/mol. The maximum absolute atomic E-state index is 11.7. The van der Waals surface area contributed by atoms with E-state index in [9.17, 15) is 13.2 Å². The van der Waals surface area contributed by atoms with Gasteiger partial charge in [-0.3, -0.25) is 0 Å². The number of anilines is 1. The maximum Gasteiger partial charge on any atom is 0.319 e. The Labute approximate surface area is 116 Å². The fourth-order valence-corrected chi connectivity index (χ4v) is 2.38. The number of halogens is 1. The van der Waals surface area contributed by atoms with Crippen LogP contribution < -0.4 is 15.8 Å². The normalized spacial score (nSPS) is 15.7. The molecule has 0 bridgehead atoms. The van der Waals surface area contributed by atoms with Crippen LogP contribution in [0, 0.1) is 0 Å². The Balaban J connectivity index is 2.12. The molecule has 104 valence electrons. The molecular formula is C11H14ClN3O3S. The van der Waals surface area contributed by atoms with Gasteiger partial charge in [0.2, 0.25) is 10.0 Å². The summed E-state index contributed by atoms with van der Waals surface area (Å²) in [6.45, 7) is 0. The van der Waals surface area contributed by atoms with E-state index in [4.69, 9.17) is 16.7 Å². The van der Waals surface area contributed by atoms with Gasteiger partial charge in [0.1, 0.15) is 0 Å². The van der Waals surface area contributed by atoms with Crippen LogP contribution in [0.1, 0.15) is 19.3 Å². The van der Waals surface area contributed by atoms with Crippen molar-refractivity contribution in [1.82, 2.24) is 5.32 Å². The molecule has 0 saturated heterocycles. The van der Waals surface area contributed by atoms with Crippen LogP contribution in [0.3, 0.4) is 0 Å². The van der Waals surface area contributed by atoms with Gasteiger partial charge in [-0.25, -0.2) is 18.4 Å². The Morgan fingerprint density at radius 1 is 1.37 bits per heavy atom. The van der Waals surface area contributed by atoms with E-state index >= 15 is 0 Å². The highest BCUT2D eigenvalue weighted by atomic mass is 35.5. The third-order valence-corrected chi connectivity index (χ3v) is 4.20. The maximum atomic E-state index is 11.7. The summed E-state index contributed by atoms with van der Waals surface area (Å²) in [7, 11) is -3.82. The molecule has 0 atom stereocenters. The highest BCUT2D eigenvalue weighted by Gasteiger charge is 2.20. The highest BCUT2D eigenvalue weighted by molar-refractivity contribution is 7.89. The Morgan fingerprint density at radius 2 is 2.05 bits per heavy atom. The van der Waals surface area contributed by atoms with E-state index in [0.717, 1.165) is 19.3 Å². The van der Waals surface area contributed by atoms with Gasteiger partial charge in [0.25, 0.3) is 0 Å². The summed E-state index contributed by atoms with van der Waals surface area (Å²) in [6, 6.07) is 3.67. The van der Waals surface area contributed by atoms with Gasteiger partial charge in [0, 0.05) is 6.04 Å². The summed E-state index contributed by atoms with van der Waals surface area (Å²) in [5.41, 5.74) is 0.213. The van der Waals surface area contributed by atoms with E-state index in [0.29, 0.717) is 0 Å². The summed E-state index contributed by atoms with van der Waals surface area (Å²) >= 11 is 5.90. The lowest BCUT2D eigenvalue weighted by Crippen LogP contribution is -2.41. The number of hydrogen-bond donors (Lipinski definition) is 3. The SMILES string of the molecule is NS(=O)(=O)c1ccc(Cl)c(NC(=O)NC2CCC2)c1. The molecule has 0 radical (unpaired) electrons. The number of carbonyl (C=O) groups excluding carboxylic acids is 1. The molecule has 1 aliphatic rings. The minimum atomic E-state index is -3.82. The third kappa shape index (κ3) is 3.59. The predicted molar refractivity (Wildman–Crippen MR) is 72.6 cm³/mol. The van der Waals surface area contributed by atoms with Gasteiger partial charge < -0.3 is 10.6 Å². The van der Waals surface area contributed by atoms with Crippen molar-refractivity contribution in [2.75, 3.05) is 5.32 Å². The predicted octanol–water partition coefficient (Wildman–Crippen LogP) is 1.66. The summed E-state index contributed by atoms with van der Waals surface area (Å²) in [4.78, 5) is 11.6. The lowest BCUT2D eigenvalue weighted by Gasteiger charge is -2.26. The van der Waals surface area contributed by atoms with Crippen molar-refractivity contribution in [1.29, 1.82) is 0 Å². The summed E-state index contributed by atoms with van der Waals surface area (Å²) in [6.07, 6.45) is 3.02. The minimum Gasteiger partial charge on any atom is -0.335 e. The van der Waals surface area contributed by atoms with Crippen molar-refractivity contribution in [3.8, 4) is 0 Å². The van der Waals surface area contributed by atoms with Gasteiger partial charge in [-0.2, -0.15) is 0 Å². The number of nitrogens with one attached hydrogen (secondary N) is 2. The van der Waals surface area contributed by atoms with E-state index in [2.05, 4.69) is 10.6 Å². The number of nitrogens with two attached hydrogens (primary N) is 1. The molecule has 2 rings (SSSR count). The van der Waals surface area contributed by atoms with Crippen LogP contribution in [-0.4, -0.2) is 20.5 Å². The van der Waals surface area contributed by atoms with E-state index in [1.165, 1.54) is 18.2 Å². The molecule has 1 aliphatic carbocycles. The van der Waals surface area contributed by atoms with Gasteiger partial charge in [-0.05, 0) is 37.5 Å². The summed E-state index contributed by atoms with van der Waals surface area (Å²) < 4.78 is 22.4. The Kier molecular flexibility index (Phi) is 3.98. The molecule has 19 heavy (non-hydrogen) atoms. The van der Waals surface area contributed by atoms with Gasteiger partial charge in [-0.15, -0.1) is 0 Å². The third-order valence-electron chi connectivity index (χ3n) is 2.95. The van der Waals surface area contributed by atoms with Crippen LogP contribution in [0.2, 0.25) is 5.02 Å². The molecule has 8 heteroatoms. The van der Waals surface area contributed by atoms with Crippen molar-refractivity contribution in [2.24, 2.45) is 5.14 Å². The second-order valence-electron chi connectivity index (χ2n) is 4.41. The molecule has 0 unspecified atom stereocenters. The molecule has 0 aromatic heterocycles.